The lowest BCUT2D eigenvalue weighted by Crippen LogP contribution is -2.28. The van der Waals surface area contributed by atoms with E-state index in [1.54, 1.807) is 0 Å². The first kappa shape index (κ1) is 37.6. The van der Waals surface area contributed by atoms with Gasteiger partial charge in [-0.05, 0) is 128 Å². The number of fused-ring (bicyclic) bond motifs is 5. The minimum absolute atomic E-state index is 0.00329. The van der Waals surface area contributed by atoms with E-state index in [2.05, 4.69) is 170 Å². The van der Waals surface area contributed by atoms with Crippen LogP contribution in [0.5, 0.6) is 0 Å². The zero-order chi connectivity index (χ0) is 41.5. The Labute approximate surface area is 364 Å². The molecule has 1 aromatic heterocycles. The Hall–Kier alpha value is -7.41. The molecule has 0 N–H and O–H groups in total. The van der Waals surface area contributed by atoms with Crippen molar-refractivity contribution < 1.29 is 0 Å². The highest BCUT2D eigenvalue weighted by molar-refractivity contribution is 5.94. The Kier molecular flexibility index (Phi) is 9.63. The highest BCUT2D eigenvalue weighted by atomic mass is 14.9. The molecule has 62 heavy (non-hydrogen) atoms. The second kappa shape index (κ2) is 15.9. The molecule has 11 rings (SSSR count). The molecule has 0 saturated heterocycles. The summed E-state index contributed by atoms with van der Waals surface area (Å²) in [4.78, 5) is 10.3. The van der Waals surface area contributed by atoms with Crippen LogP contribution in [0.25, 0.3) is 78.3 Å². The van der Waals surface area contributed by atoms with Gasteiger partial charge in [0.25, 0.3) is 0 Å². The topological polar surface area (TPSA) is 49.6 Å². The zero-order valence-corrected chi connectivity index (χ0v) is 34.7. The number of allylic oxidation sites excluding steroid dienone is 4. The van der Waals surface area contributed by atoms with Crippen molar-refractivity contribution in [2.45, 2.75) is 50.4 Å². The van der Waals surface area contributed by atoms with E-state index >= 15 is 0 Å². The summed E-state index contributed by atoms with van der Waals surface area (Å²) in [6.07, 6.45) is 12.6. The summed E-state index contributed by atoms with van der Waals surface area (Å²) in [5.41, 5.74) is 21.1. The van der Waals surface area contributed by atoms with Crippen molar-refractivity contribution in [1.29, 1.82) is 5.26 Å². The normalized spacial score (nSPS) is 15.0. The molecule has 8 aromatic rings. The fraction of sp³-hybridized carbons (Fsp3) is 0.136. The third-order valence-corrected chi connectivity index (χ3v) is 13.4. The first-order chi connectivity index (χ1) is 30.6. The van der Waals surface area contributed by atoms with Crippen molar-refractivity contribution in [2.75, 3.05) is 0 Å². The fourth-order valence-corrected chi connectivity index (χ4v) is 10.3. The van der Waals surface area contributed by atoms with Gasteiger partial charge in [-0.1, -0.05) is 177 Å². The maximum absolute atomic E-state index is 9.84. The van der Waals surface area contributed by atoms with Gasteiger partial charge in [-0.25, -0.2) is 9.97 Å². The Morgan fingerprint density at radius 2 is 1.10 bits per heavy atom. The van der Waals surface area contributed by atoms with Gasteiger partial charge in [0, 0.05) is 16.5 Å². The van der Waals surface area contributed by atoms with Gasteiger partial charge in [0.2, 0.25) is 0 Å². The molecule has 0 atom stereocenters. The Morgan fingerprint density at radius 3 is 1.85 bits per heavy atom. The number of nitriles is 1. The molecule has 1 fully saturated rings. The SMILES string of the molecule is N#Cc1ccc2c(c1)C1(CCCCC1)c1cccc(-c3ccc(-c4cccc(C5=CCCC(c6cc(-c7ccc(-c8ccccc8)cc7)nc(-c7ccccc7)n6)=C5)c4)cc3)c1-2. The van der Waals surface area contributed by atoms with Crippen molar-refractivity contribution in [3.8, 4) is 73.2 Å². The van der Waals surface area contributed by atoms with Gasteiger partial charge in [0.15, 0.2) is 5.82 Å². The van der Waals surface area contributed by atoms with Crippen LogP contribution in [0.1, 0.15) is 72.9 Å². The summed E-state index contributed by atoms with van der Waals surface area (Å²) >= 11 is 0. The lowest BCUT2D eigenvalue weighted by Gasteiger charge is -2.36. The number of hydrogen-bond donors (Lipinski definition) is 0. The van der Waals surface area contributed by atoms with Crippen LogP contribution in [0, 0.1) is 11.3 Å². The lowest BCUT2D eigenvalue weighted by atomic mass is 9.67. The van der Waals surface area contributed by atoms with Crippen LogP contribution in [0.15, 0.2) is 188 Å². The molecule has 296 valence electrons. The van der Waals surface area contributed by atoms with Crippen molar-refractivity contribution in [1.82, 2.24) is 9.97 Å². The molecule has 1 saturated carbocycles. The first-order valence-electron chi connectivity index (χ1n) is 22.0. The molecule has 0 radical (unpaired) electrons. The Morgan fingerprint density at radius 1 is 0.468 bits per heavy atom. The molecule has 0 aliphatic heterocycles. The van der Waals surface area contributed by atoms with Crippen molar-refractivity contribution in [3.63, 3.8) is 0 Å². The summed E-state index contributed by atoms with van der Waals surface area (Å²) in [5, 5.41) is 9.84. The zero-order valence-electron chi connectivity index (χ0n) is 34.7. The molecule has 3 nitrogen and oxygen atoms in total. The highest BCUT2D eigenvalue weighted by Gasteiger charge is 2.44. The molecule has 7 aromatic carbocycles. The standard InChI is InChI=1S/C59H45N3/c60-39-40-23-32-52-54(35-40)59(33-8-3-9-34-59)53-22-12-21-51(57(52)53)44-28-24-43(25-29-44)47-17-10-18-48(36-47)49-19-11-20-50(37-49)56-38-55(61-58(62-56)46-15-6-2-7-16-46)45-30-26-42(27-31-45)41-13-4-1-5-14-41/h1-2,4-7,10,12-19,21-32,35-38H,3,8-9,11,20,33-34H2. The summed E-state index contributed by atoms with van der Waals surface area (Å²) in [5.74, 6) is 0.735. The Bertz CT molecular complexity index is 3070. The number of benzene rings is 7. The van der Waals surface area contributed by atoms with Gasteiger partial charge in [-0.15, -0.1) is 0 Å². The number of nitrogens with zero attached hydrogens (tertiary/aromatic N) is 3. The van der Waals surface area contributed by atoms with E-state index < -0.39 is 0 Å². The molecule has 3 aliphatic carbocycles. The van der Waals surface area contributed by atoms with Gasteiger partial charge in [0.1, 0.15) is 0 Å². The largest absolute Gasteiger partial charge is 0.228 e. The van der Waals surface area contributed by atoms with E-state index in [4.69, 9.17) is 9.97 Å². The molecular weight excluding hydrogens is 751 g/mol. The molecular formula is C59H45N3. The summed E-state index contributed by atoms with van der Waals surface area (Å²) in [6.45, 7) is 0. The third-order valence-electron chi connectivity index (χ3n) is 13.4. The predicted molar refractivity (Wildman–Crippen MR) is 255 cm³/mol. The quantitative estimate of drug-likeness (QED) is 0.161. The minimum Gasteiger partial charge on any atom is -0.228 e. The minimum atomic E-state index is 0.00329. The van der Waals surface area contributed by atoms with E-state index in [1.807, 2.05) is 24.3 Å². The van der Waals surface area contributed by atoms with Crippen LogP contribution >= 0.6 is 0 Å². The van der Waals surface area contributed by atoms with Crippen LogP contribution in [-0.4, -0.2) is 9.97 Å². The molecule has 3 aliphatic rings. The van der Waals surface area contributed by atoms with Crippen LogP contribution in [0.4, 0.5) is 0 Å². The maximum atomic E-state index is 9.84. The van der Waals surface area contributed by atoms with Crippen LogP contribution in [0.3, 0.4) is 0 Å². The van der Waals surface area contributed by atoms with Gasteiger partial charge in [-0.2, -0.15) is 5.26 Å². The highest BCUT2D eigenvalue weighted by Crippen LogP contribution is 2.58. The third kappa shape index (κ3) is 6.79. The molecule has 1 spiro atoms. The first-order valence-corrected chi connectivity index (χ1v) is 22.0. The lowest BCUT2D eigenvalue weighted by molar-refractivity contribution is 0.353. The van der Waals surface area contributed by atoms with Crippen LogP contribution in [-0.2, 0) is 5.41 Å². The van der Waals surface area contributed by atoms with E-state index in [0.29, 0.717) is 0 Å². The Balaban J connectivity index is 0.903. The number of hydrogen-bond acceptors (Lipinski definition) is 3. The van der Waals surface area contributed by atoms with Crippen molar-refractivity contribution >= 4 is 11.1 Å². The fourth-order valence-electron chi connectivity index (χ4n) is 10.3. The van der Waals surface area contributed by atoms with Gasteiger partial charge in [-0.3, -0.25) is 0 Å². The van der Waals surface area contributed by atoms with Gasteiger partial charge in [0.05, 0.1) is 23.0 Å². The molecule has 0 bridgehead atoms. The van der Waals surface area contributed by atoms with E-state index in [9.17, 15) is 5.26 Å². The van der Waals surface area contributed by atoms with Crippen LogP contribution in [0.2, 0.25) is 0 Å². The monoisotopic (exact) mass is 795 g/mol. The molecule has 0 amide bonds. The molecule has 0 unspecified atom stereocenters. The summed E-state index contributed by atoms with van der Waals surface area (Å²) < 4.78 is 0. The van der Waals surface area contributed by atoms with Gasteiger partial charge < -0.3 is 0 Å². The summed E-state index contributed by atoms with van der Waals surface area (Å²) in [6, 6.07) is 65.4. The average Bonchev–Trinajstić information content (AvgIpc) is 3.62. The average molecular weight is 796 g/mol. The molecule has 3 heteroatoms. The second-order valence-electron chi connectivity index (χ2n) is 17.0. The van der Waals surface area contributed by atoms with Gasteiger partial charge >= 0.3 is 0 Å². The number of rotatable bonds is 7. The smallest absolute Gasteiger partial charge is 0.160 e. The van der Waals surface area contributed by atoms with Crippen molar-refractivity contribution in [2.24, 2.45) is 0 Å². The summed E-state index contributed by atoms with van der Waals surface area (Å²) in [7, 11) is 0. The molecule has 1 heterocycles. The number of aromatic nitrogens is 2. The van der Waals surface area contributed by atoms with E-state index in [0.717, 1.165) is 59.6 Å². The van der Waals surface area contributed by atoms with Crippen LogP contribution < -0.4 is 0 Å². The van der Waals surface area contributed by atoms with E-state index in [1.165, 1.54) is 91.6 Å². The second-order valence-corrected chi connectivity index (χ2v) is 17.0. The predicted octanol–water partition coefficient (Wildman–Crippen LogP) is 15.2. The van der Waals surface area contributed by atoms with E-state index in [-0.39, 0.29) is 5.41 Å². The maximum Gasteiger partial charge on any atom is 0.160 e. The van der Waals surface area contributed by atoms with Crippen molar-refractivity contribution in [3.05, 3.63) is 216 Å².